The number of rotatable bonds is 12. The van der Waals surface area contributed by atoms with Crippen LogP contribution in [0.15, 0.2) is 409 Å². The number of benzene rings is 17. The number of hydrogen-bond donors (Lipinski definition) is 0. The Morgan fingerprint density at radius 3 is 1.00 bits per heavy atom. The van der Waals surface area contributed by atoms with E-state index in [2.05, 4.69) is 401 Å². The van der Waals surface area contributed by atoms with E-state index in [9.17, 15) is 0 Å². The SMILES string of the molecule is c1ccc(-c2ccc(N(c3ccc(-c4cccc5c4sc4c6ccccc6n(-c6ccccc6)c54)cc3)c3cccc4c3oc3ccccc34)cc2)cc1.c1ccc(-n2c3ccccc3c3sc4c(-c5ccc(N(c6ccc(-c7cccc8ccccc78)cc6)c6cccc7c6oc6ccccc67)cc5)cccc4c32)cc1. The predicted molar refractivity (Wildman–Crippen MR) is 476 cm³/mol. The summed E-state index contributed by atoms with van der Waals surface area (Å²) in [6.45, 7) is 0. The first-order valence-corrected chi connectivity index (χ1v) is 39.6. The zero-order valence-electron chi connectivity index (χ0n) is 60.5. The molecule has 0 radical (unpaired) electrons. The fourth-order valence-corrected chi connectivity index (χ4v) is 19.8. The summed E-state index contributed by atoms with van der Waals surface area (Å²) in [7, 11) is 0. The molecule has 8 heteroatoms. The van der Waals surface area contributed by atoms with Gasteiger partial charge in [0.25, 0.3) is 0 Å². The number of nitrogens with zero attached hydrogens (tertiary/aromatic N) is 4. The van der Waals surface area contributed by atoms with Crippen LogP contribution in [0.5, 0.6) is 0 Å². The van der Waals surface area contributed by atoms with Crippen molar-refractivity contribution in [1.82, 2.24) is 9.13 Å². The molecule has 526 valence electrons. The first-order chi connectivity index (χ1) is 55.6. The molecule has 0 unspecified atom stereocenters. The Kier molecular flexibility index (Phi) is 15.5. The van der Waals surface area contributed by atoms with Gasteiger partial charge in [0, 0.05) is 86.6 Å². The zero-order chi connectivity index (χ0) is 73.7. The summed E-state index contributed by atoms with van der Waals surface area (Å²) in [4.78, 5) is 4.65. The van der Waals surface area contributed by atoms with Crippen LogP contribution in [-0.4, -0.2) is 9.13 Å². The second-order valence-corrected chi connectivity index (χ2v) is 30.6. The molecule has 0 N–H and O–H groups in total. The summed E-state index contributed by atoms with van der Waals surface area (Å²) in [5, 5.41) is 12.0. The highest BCUT2D eigenvalue weighted by atomic mass is 32.1. The summed E-state index contributed by atoms with van der Waals surface area (Å²) in [5.74, 6) is 0. The molecule has 0 aliphatic rings. The summed E-state index contributed by atoms with van der Waals surface area (Å²) in [6, 6.07) is 143. The van der Waals surface area contributed by atoms with Crippen molar-refractivity contribution in [1.29, 1.82) is 0 Å². The number of fused-ring (bicyclic) bond motifs is 17. The van der Waals surface area contributed by atoms with E-state index in [1.165, 1.54) is 129 Å². The van der Waals surface area contributed by atoms with Crippen LogP contribution in [0.3, 0.4) is 0 Å². The Hall–Kier alpha value is -14.3. The lowest BCUT2D eigenvalue weighted by Crippen LogP contribution is -2.10. The van der Waals surface area contributed by atoms with Crippen molar-refractivity contribution in [3.05, 3.63) is 400 Å². The first kappa shape index (κ1) is 64.9. The number of hydrogen-bond acceptors (Lipinski definition) is 6. The lowest BCUT2D eigenvalue weighted by atomic mass is 9.98. The lowest BCUT2D eigenvalue weighted by molar-refractivity contribution is 0.668. The molecule has 6 heterocycles. The molecule has 0 spiro atoms. The monoisotopic (exact) mass is 1470 g/mol. The van der Waals surface area contributed by atoms with Gasteiger partial charge in [0.05, 0.1) is 42.8 Å². The molecule has 0 atom stereocenters. The van der Waals surface area contributed by atoms with Gasteiger partial charge in [0.2, 0.25) is 0 Å². The number of para-hydroxylation sites is 8. The fraction of sp³-hybridized carbons (Fsp3) is 0. The maximum Gasteiger partial charge on any atom is 0.159 e. The maximum atomic E-state index is 6.64. The van der Waals surface area contributed by atoms with Gasteiger partial charge in [-0.25, -0.2) is 0 Å². The van der Waals surface area contributed by atoms with Gasteiger partial charge >= 0.3 is 0 Å². The van der Waals surface area contributed by atoms with Gasteiger partial charge in [-0.1, -0.05) is 291 Å². The molecule has 23 aromatic rings. The Labute approximate surface area is 653 Å². The Morgan fingerprint density at radius 1 is 0.214 bits per heavy atom. The molecule has 6 aromatic heterocycles. The van der Waals surface area contributed by atoms with E-state index in [0.717, 1.165) is 78.0 Å². The molecule has 0 aliphatic heterocycles. The average Bonchev–Trinajstić information content (AvgIpc) is 1.56. The van der Waals surface area contributed by atoms with Crippen molar-refractivity contribution in [3.63, 3.8) is 0 Å². The Bertz CT molecular complexity index is 7530. The minimum atomic E-state index is 0.868. The molecule has 0 fully saturated rings. The molecule has 23 rings (SSSR count). The lowest BCUT2D eigenvalue weighted by Gasteiger charge is -2.26. The molecular formula is C104H66N4O2S2. The normalized spacial score (nSPS) is 11.8. The van der Waals surface area contributed by atoms with Crippen molar-refractivity contribution in [2.24, 2.45) is 0 Å². The molecule has 17 aromatic carbocycles. The number of furan rings is 2. The number of thiophene rings is 2. The van der Waals surface area contributed by atoms with Crippen LogP contribution >= 0.6 is 22.7 Å². The van der Waals surface area contributed by atoms with Gasteiger partial charge in [-0.2, -0.15) is 0 Å². The van der Waals surface area contributed by atoms with Crippen molar-refractivity contribution in [2.45, 2.75) is 0 Å². The quantitative estimate of drug-likeness (QED) is 0.122. The molecule has 0 amide bonds. The second kappa shape index (κ2) is 26.8. The molecule has 0 aliphatic carbocycles. The fourth-order valence-electron chi connectivity index (χ4n) is 17.1. The van der Waals surface area contributed by atoms with Crippen LogP contribution in [0.25, 0.3) is 173 Å². The second-order valence-electron chi connectivity index (χ2n) is 28.6. The van der Waals surface area contributed by atoms with Gasteiger partial charge in [0.15, 0.2) is 11.2 Å². The van der Waals surface area contributed by atoms with E-state index in [4.69, 9.17) is 8.83 Å². The summed E-state index contributed by atoms with van der Waals surface area (Å²) >= 11 is 3.78. The summed E-state index contributed by atoms with van der Waals surface area (Å²) in [6.07, 6.45) is 0. The molecule has 0 bridgehead atoms. The van der Waals surface area contributed by atoms with E-state index in [1.54, 1.807) is 0 Å². The highest BCUT2D eigenvalue weighted by Crippen LogP contribution is 2.51. The third-order valence-corrected chi connectivity index (χ3v) is 24.7. The van der Waals surface area contributed by atoms with Crippen LogP contribution < -0.4 is 9.80 Å². The van der Waals surface area contributed by atoms with Crippen LogP contribution in [-0.2, 0) is 0 Å². The van der Waals surface area contributed by atoms with Crippen LogP contribution in [0.4, 0.5) is 34.1 Å². The van der Waals surface area contributed by atoms with Crippen LogP contribution in [0, 0.1) is 0 Å². The average molecular weight is 1470 g/mol. The zero-order valence-corrected chi connectivity index (χ0v) is 62.2. The van der Waals surface area contributed by atoms with Crippen molar-refractivity contribution in [2.75, 3.05) is 9.80 Å². The third kappa shape index (κ3) is 10.7. The van der Waals surface area contributed by atoms with Gasteiger partial charge in [-0.3, -0.25) is 0 Å². The maximum absolute atomic E-state index is 6.64. The topological polar surface area (TPSA) is 42.6 Å². The standard InChI is InChI=1S/C54H34N2OS.C50H32N2OS/c1-2-15-38(16-3-1)56-48-24-8-6-19-46(48)54-51(56)47-23-11-21-43(53(47)58-54)37-29-33-40(34-30-37)55(49-25-12-22-45-44-18-7-9-26-50(44)57-52(45)49)39-31-27-36(28-32-39)42-20-10-14-35-13-4-5-17-41(35)42;1-3-13-33(14-4-1)34-25-29-37(30-26-34)51(45-23-12-20-41-40-17-8-10-24-46(40)53-48(41)45)38-31-27-35(28-32-38)39-19-11-21-43-47-50(54-49(39)43)42-18-7-9-22-44(42)52(47)36-15-5-2-6-16-36/h1-34H;1-32H. The molecule has 0 saturated carbocycles. The molecular weight excluding hydrogens is 1400 g/mol. The predicted octanol–water partition coefficient (Wildman–Crippen LogP) is 30.6. The van der Waals surface area contributed by atoms with E-state index >= 15 is 0 Å². The van der Waals surface area contributed by atoms with E-state index in [1.807, 2.05) is 40.9 Å². The third-order valence-electron chi connectivity index (χ3n) is 22.2. The van der Waals surface area contributed by atoms with Gasteiger partial charge in [-0.05, 0) is 164 Å². The van der Waals surface area contributed by atoms with Crippen LogP contribution in [0.2, 0.25) is 0 Å². The van der Waals surface area contributed by atoms with Gasteiger partial charge in [0.1, 0.15) is 11.2 Å². The number of aromatic nitrogens is 2. The highest BCUT2D eigenvalue weighted by molar-refractivity contribution is 7.27. The van der Waals surface area contributed by atoms with E-state index < -0.39 is 0 Å². The Morgan fingerprint density at radius 2 is 0.536 bits per heavy atom. The minimum Gasteiger partial charge on any atom is -0.454 e. The van der Waals surface area contributed by atoms with E-state index in [-0.39, 0.29) is 0 Å². The Balaban J connectivity index is 0.000000138. The van der Waals surface area contributed by atoms with Crippen molar-refractivity contribution >= 4 is 174 Å². The highest BCUT2D eigenvalue weighted by Gasteiger charge is 2.26. The molecule has 112 heavy (non-hydrogen) atoms. The van der Waals surface area contributed by atoms with Gasteiger partial charge in [-0.15, -0.1) is 22.7 Å². The minimum absolute atomic E-state index is 0.868. The van der Waals surface area contributed by atoms with Crippen molar-refractivity contribution < 1.29 is 8.83 Å². The largest absolute Gasteiger partial charge is 0.454 e. The number of anilines is 6. The molecule has 0 saturated heterocycles. The summed E-state index contributed by atoms with van der Waals surface area (Å²) in [5.41, 5.74) is 26.7. The van der Waals surface area contributed by atoms with E-state index in [0.29, 0.717) is 0 Å². The van der Waals surface area contributed by atoms with Gasteiger partial charge < -0.3 is 27.8 Å². The molecule has 6 nitrogen and oxygen atoms in total. The summed E-state index contributed by atoms with van der Waals surface area (Å²) < 4.78 is 23.3. The first-order valence-electron chi connectivity index (χ1n) is 37.9. The van der Waals surface area contributed by atoms with Crippen LogP contribution in [0.1, 0.15) is 0 Å². The van der Waals surface area contributed by atoms with Crippen molar-refractivity contribution in [3.8, 4) is 55.9 Å². The smallest absolute Gasteiger partial charge is 0.159 e.